The molecule has 4 bridgehead atoms. The summed E-state index contributed by atoms with van der Waals surface area (Å²) in [6.45, 7) is 9.35. The van der Waals surface area contributed by atoms with Crippen molar-refractivity contribution in [1.82, 2.24) is 19.7 Å². The van der Waals surface area contributed by atoms with Crippen molar-refractivity contribution < 1.29 is 9.53 Å². The van der Waals surface area contributed by atoms with Crippen molar-refractivity contribution in [2.45, 2.75) is 51.6 Å². The fourth-order valence-corrected chi connectivity index (χ4v) is 6.26. The van der Waals surface area contributed by atoms with E-state index in [1.54, 1.807) is 6.20 Å². The third-order valence-electron chi connectivity index (χ3n) is 7.62. The standard InChI is InChI=1S/C35H36N6O2S/c1-23(2)16-28-22-43-32-18-31(33-24(3)10-8-11-25(33)4)37-35(38-32)39-44-30-15-9-14-27(17-30)34(42)41(28)29-19-36-40(21-29)20-26-12-6-5-7-13-26/h5-15,17-19,21,23,28H,16,20,22H2,1-4H3,(H,37,38,39)/t28-/m1/s1. The van der Waals surface area contributed by atoms with Crippen LogP contribution < -0.4 is 14.4 Å². The minimum atomic E-state index is -0.274. The van der Waals surface area contributed by atoms with Gasteiger partial charge in [-0.25, -0.2) is 4.98 Å². The average Bonchev–Trinajstić information content (AvgIpc) is 3.46. The zero-order chi connectivity index (χ0) is 30.6. The van der Waals surface area contributed by atoms with Crippen LogP contribution in [0.4, 0.5) is 11.6 Å². The van der Waals surface area contributed by atoms with Crippen LogP contribution in [0.5, 0.6) is 5.88 Å². The summed E-state index contributed by atoms with van der Waals surface area (Å²) in [5.74, 6) is 1.10. The van der Waals surface area contributed by atoms with Crippen LogP contribution in [-0.2, 0) is 6.54 Å². The molecule has 9 heteroatoms. The van der Waals surface area contributed by atoms with E-state index < -0.39 is 0 Å². The van der Waals surface area contributed by atoms with E-state index in [1.807, 2.05) is 70.4 Å². The van der Waals surface area contributed by atoms with E-state index in [4.69, 9.17) is 14.7 Å². The summed E-state index contributed by atoms with van der Waals surface area (Å²) in [6, 6.07) is 25.6. The summed E-state index contributed by atoms with van der Waals surface area (Å²) in [6.07, 6.45) is 4.44. The number of nitrogens with zero attached hydrogens (tertiary/aromatic N) is 5. The van der Waals surface area contributed by atoms with Gasteiger partial charge in [0.1, 0.15) is 6.61 Å². The summed E-state index contributed by atoms with van der Waals surface area (Å²) in [4.78, 5) is 26.6. The van der Waals surface area contributed by atoms with Gasteiger partial charge in [-0.15, -0.1) is 0 Å². The Hall–Kier alpha value is -4.63. The molecule has 1 aliphatic rings. The first-order valence-electron chi connectivity index (χ1n) is 14.9. The summed E-state index contributed by atoms with van der Waals surface area (Å²) in [5.41, 5.74) is 6.54. The first-order chi connectivity index (χ1) is 21.3. The highest BCUT2D eigenvalue weighted by molar-refractivity contribution is 8.00. The Kier molecular flexibility index (Phi) is 8.65. The second-order valence-corrected chi connectivity index (χ2v) is 12.4. The minimum Gasteiger partial charge on any atom is -0.475 e. The van der Waals surface area contributed by atoms with Crippen LogP contribution in [0.15, 0.2) is 96.2 Å². The van der Waals surface area contributed by atoms with E-state index in [2.05, 4.69) is 61.8 Å². The van der Waals surface area contributed by atoms with E-state index >= 15 is 0 Å². The van der Waals surface area contributed by atoms with Gasteiger partial charge in [0.05, 0.1) is 30.2 Å². The highest BCUT2D eigenvalue weighted by atomic mass is 32.2. The topological polar surface area (TPSA) is 85.2 Å². The molecule has 8 nitrogen and oxygen atoms in total. The molecule has 0 aliphatic carbocycles. The van der Waals surface area contributed by atoms with Crippen molar-refractivity contribution >= 4 is 29.5 Å². The van der Waals surface area contributed by atoms with E-state index in [0.717, 1.165) is 45.0 Å². The fourth-order valence-electron chi connectivity index (χ4n) is 5.63. The van der Waals surface area contributed by atoms with Crippen LogP contribution in [0, 0.1) is 19.8 Å². The number of carbonyl (C=O) groups excluding carboxylic acids is 1. The number of hydrogen-bond acceptors (Lipinski definition) is 7. The third kappa shape index (κ3) is 6.63. The van der Waals surface area contributed by atoms with E-state index in [1.165, 1.54) is 11.9 Å². The van der Waals surface area contributed by atoms with Gasteiger partial charge in [0.25, 0.3) is 5.91 Å². The van der Waals surface area contributed by atoms with Crippen molar-refractivity contribution in [3.63, 3.8) is 0 Å². The van der Waals surface area contributed by atoms with E-state index in [9.17, 15) is 4.79 Å². The number of nitrogens with one attached hydrogen (secondary N) is 1. The van der Waals surface area contributed by atoms with Crippen LogP contribution in [0.25, 0.3) is 11.3 Å². The zero-order valence-corrected chi connectivity index (χ0v) is 26.2. The SMILES string of the molecule is Cc1cccc(C)c1-c1cc2nc(n1)NSc1cccc(c1)C(=O)N(c1cnn(Cc3ccccc3)c1)[C@H](CC(C)C)CO2. The van der Waals surface area contributed by atoms with Crippen LogP contribution >= 0.6 is 11.9 Å². The Bertz CT molecular complexity index is 1750. The Morgan fingerprint density at radius 1 is 0.977 bits per heavy atom. The Morgan fingerprint density at radius 2 is 1.75 bits per heavy atom. The normalized spacial score (nSPS) is 15.2. The van der Waals surface area contributed by atoms with Crippen molar-refractivity contribution in [3.05, 3.63) is 114 Å². The number of ether oxygens (including phenoxy) is 1. The quantitative estimate of drug-likeness (QED) is 0.200. The molecular weight excluding hydrogens is 568 g/mol. The molecule has 3 aromatic carbocycles. The molecule has 1 N–H and O–H groups in total. The molecule has 224 valence electrons. The van der Waals surface area contributed by atoms with Gasteiger partial charge in [0.2, 0.25) is 11.8 Å². The number of rotatable bonds is 6. The second kappa shape index (κ2) is 12.9. The van der Waals surface area contributed by atoms with Crippen molar-refractivity contribution in [3.8, 4) is 17.1 Å². The Labute approximate surface area is 262 Å². The third-order valence-corrected chi connectivity index (χ3v) is 8.39. The van der Waals surface area contributed by atoms with Crippen molar-refractivity contribution in [2.24, 2.45) is 5.92 Å². The summed E-state index contributed by atoms with van der Waals surface area (Å²) in [5, 5.41) is 4.64. The molecule has 0 spiro atoms. The molecule has 0 fully saturated rings. The van der Waals surface area contributed by atoms with Gasteiger partial charge < -0.3 is 4.74 Å². The molecule has 1 amide bonds. The number of aromatic nitrogens is 4. The Morgan fingerprint density at radius 3 is 2.52 bits per heavy atom. The van der Waals surface area contributed by atoms with Crippen molar-refractivity contribution in [1.29, 1.82) is 0 Å². The number of anilines is 2. The number of hydrogen-bond donors (Lipinski definition) is 1. The maximum Gasteiger partial charge on any atom is 0.258 e. The summed E-state index contributed by atoms with van der Waals surface area (Å²) >= 11 is 1.36. The van der Waals surface area contributed by atoms with Gasteiger partial charge in [-0.3, -0.25) is 19.1 Å². The van der Waals surface area contributed by atoms with Crippen LogP contribution in [0.1, 0.15) is 47.3 Å². The van der Waals surface area contributed by atoms with Gasteiger partial charge in [0, 0.05) is 28.3 Å². The maximum absolute atomic E-state index is 14.3. The maximum atomic E-state index is 14.3. The van der Waals surface area contributed by atoms with Crippen molar-refractivity contribution in [2.75, 3.05) is 16.2 Å². The second-order valence-electron chi connectivity index (χ2n) is 11.6. The predicted octanol–water partition coefficient (Wildman–Crippen LogP) is 7.58. The van der Waals surface area contributed by atoms with Crippen LogP contribution in [0.2, 0.25) is 0 Å². The molecular formula is C35H36N6O2S. The smallest absolute Gasteiger partial charge is 0.258 e. The first kappa shape index (κ1) is 29.4. The molecule has 0 saturated heterocycles. The summed E-state index contributed by atoms with van der Waals surface area (Å²) < 4.78 is 11.6. The monoisotopic (exact) mass is 604 g/mol. The van der Waals surface area contributed by atoms with Crippen LogP contribution in [-0.4, -0.2) is 38.3 Å². The average molecular weight is 605 g/mol. The number of carbonyl (C=O) groups is 1. The Balaban J connectivity index is 1.42. The molecule has 5 aromatic rings. The van der Waals surface area contributed by atoms with E-state index in [-0.39, 0.29) is 18.6 Å². The molecule has 1 aliphatic heterocycles. The molecule has 1 atom stereocenters. The molecule has 2 aromatic heterocycles. The van der Waals surface area contributed by atoms with Gasteiger partial charge in [-0.2, -0.15) is 10.1 Å². The molecule has 0 saturated carbocycles. The lowest BCUT2D eigenvalue weighted by Crippen LogP contribution is -2.44. The zero-order valence-electron chi connectivity index (χ0n) is 25.4. The molecule has 0 radical (unpaired) electrons. The van der Waals surface area contributed by atoms with Gasteiger partial charge >= 0.3 is 0 Å². The molecule has 6 rings (SSSR count). The number of fused-ring (bicyclic) bond motifs is 4. The lowest BCUT2D eigenvalue weighted by atomic mass is 10.00. The fraction of sp³-hybridized carbons (Fsp3) is 0.257. The summed E-state index contributed by atoms with van der Waals surface area (Å²) in [7, 11) is 0. The van der Waals surface area contributed by atoms with Crippen LogP contribution in [0.3, 0.4) is 0 Å². The van der Waals surface area contributed by atoms with Gasteiger partial charge in [-0.1, -0.05) is 68.4 Å². The number of amides is 1. The highest BCUT2D eigenvalue weighted by Crippen LogP contribution is 2.32. The first-order valence-corrected chi connectivity index (χ1v) is 15.7. The molecule has 3 heterocycles. The van der Waals surface area contributed by atoms with Gasteiger partial charge in [-0.05, 0) is 73.0 Å². The van der Waals surface area contributed by atoms with E-state index in [0.29, 0.717) is 29.9 Å². The minimum absolute atomic E-state index is 0.103. The largest absolute Gasteiger partial charge is 0.475 e. The predicted molar refractivity (Wildman–Crippen MR) is 176 cm³/mol. The highest BCUT2D eigenvalue weighted by Gasteiger charge is 2.30. The number of aryl methyl sites for hydroxylation is 2. The lowest BCUT2D eigenvalue weighted by molar-refractivity contribution is 0.0961. The lowest BCUT2D eigenvalue weighted by Gasteiger charge is -2.32. The van der Waals surface area contributed by atoms with Gasteiger partial charge in [0.15, 0.2) is 0 Å². The molecule has 44 heavy (non-hydrogen) atoms. The molecule has 0 unspecified atom stereocenters. The number of benzene rings is 3.